The first kappa shape index (κ1) is 8.99. The summed E-state index contributed by atoms with van der Waals surface area (Å²) in [4.78, 5) is 15.6. The minimum absolute atomic E-state index is 0.251. The van der Waals surface area contributed by atoms with Gasteiger partial charge in [-0.05, 0) is 12.1 Å². The molecule has 0 spiro atoms. The summed E-state index contributed by atoms with van der Waals surface area (Å²) in [6.45, 7) is 4.31. The fraction of sp³-hybridized carbons (Fsp3) is 0.400. The average Bonchev–Trinajstić information content (AvgIpc) is 2.12. The standard InChI is InChI=1S/C10H12N2O2/c1-10(2)5-14-9(13)6-3-4-7(11)12-8(6)10/h3-4H,5H2,1-2H3,(H2,11,12). The second-order valence-electron chi connectivity index (χ2n) is 4.09. The molecule has 0 radical (unpaired) electrons. The van der Waals surface area contributed by atoms with Crippen LogP contribution in [0.1, 0.15) is 29.9 Å². The Morgan fingerprint density at radius 1 is 1.50 bits per heavy atom. The van der Waals surface area contributed by atoms with Crippen LogP contribution in [0.2, 0.25) is 0 Å². The van der Waals surface area contributed by atoms with Gasteiger partial charge in [-0.1, -0.05) is 13.8 Å². The molecular formula is C10H12N2O2. The van der Waals surface area contributed by atoms with Gasteiger partial charge in [0.1, 0.15) is 12.4 Å². The Morgan fingerprint density at radius 3 is 2.93 bits per heavy atom. The molecule has 0 saturated carbocycles. The second kappa shape index (κ2) is 2.70. The van der Waals surface area contributed by atoms with Gasteiger partial charge in [-0.2, -0.15) is 0 Å². The molecule has 1 aliphatic rings. The van der Waals surface area contributed by atoms with Gasteiger partial charge in [0.2, 0.25) is 0 Å². The summed E-state index contributed by atoms with van der Waals surface area (Å²) in [5.41, 5.74) is 6.59. The van der Waals surface area contributed by atoms with Crippen LogP contribution in [0.25, 0.3) is 0 Å². The van der Waals surface area contributed by atoms with Crippen LogP contribution in [0.15, 0.2) is 12.1 Å². The molecule has 4 nitrogen and oxygen atoms in total. The number of ether oxygens (including phenoxy) is 1. The number of nitrogens with two attached hydrogens (primary N) is 1. The van der Waals surface area contributed by atoms with Crippen LogP contribution >= 0.6 is 0 Å². The molecule has 0 unspecified atom stereocenters. The molecule has 0 aromatic carbocycles. The Labute approximate surface area is 82.1 Å². The van der Waals surface area contributed by atoms with Crippen molar-refractivity contribution in [3.05, 3.63) is 23.4 Å². The lowest BCUT2D eigenvalue weighted by Crippen LogP contribution is -2.35. The van der Waals surface area contributed by atoms with E-state index in [4.69, 9.17) is 10.5 Å². The van der Waals surface area contributed by atoms with E-state index in [1.807, 2.05) is 13.8 Å². The van der Waals surface area contributed by atoms with Crippen molar-refractivity contribution in [3.8, 4) is 0 Å². The largest absolute Gasteiger partial charge is 0.461 e. The molecule has 0 bridgehead atoms. The number of nitrogens with zero attached hydrogens (tertiary/aromatic N) is 1. The summed E-state index contributed by atoms with van der Waals surface area (Å²) in [5, 5.41) is 0. The molecule has 1 aliphatic heterocycles. The molecule has 14 heavy (non-hydrogen) atoms. The number of nitrogen functional groups attached to an aromatic ring is 1. The van der Waals surface area contributed by atoms with Gasteiger partial charge in [-0.25, -0.2) is 9.78 Å². The monoisotopic (exact) mass is 192 g/mol. The zero-order valence-electron chi connectivity index (χ0n) is 8.20. The molecule has 2 N–H and O–H groups in total. The Balaban J connectivity index is 2.64. The summed E-state index contributed by atoms with van der Waals surface area (Å²) in [6.07, 6.45) is 0. The van der Waals surface area contributed by atoms with Crippen LogP contribution in [0.3, 0.4) is 0 Å². The maximum absolute atomic E-state index is 11.4. The summed E-state index contributed by atoms with van der Waals surface area (Å²) in [6, 6.07) is 3.28. The highest BCUT2D eigenvalue weighted by atomic mass is 16.5. The van der Waals surface area contributed by atoms with Gasteiger partial charge in [0.15, 0.2) is 0 Å². The lowest BCUT2D eigenvalue weighted by Gasteiger charge is -2.30. The number of hydrogen-bond acceptors (Lipinski definition) is 4. The SMILES string of the molecule is CC1(C)COC(=O)c2ccc(N)nc21. The molecule has 0 amide bonds. The third-order valence-electron chi connectivity index (χ3n) is 2.34. The number of carbonyl (C=O) groups excluding carboxylic acids is 1. The number of rotatable bonds is 0. The fourth-order valence-corrected chi connectivity index (χ4v) is 1.55. The highest BCUT2D eigenvalue weighted by molar-refractivity contribution is 5.92. The van der Waals surface area contributed by atoms with Crippen molar-refractivity contribution in [1.82, 2.24) is 4.98 Å². The van der Waals surface area contributed by atoms with Crippen LogP contribution in [0.4, 0.5) is 5.82 Å². The van der Waals surface area contributed by atoms with Crippen LogP contribution in [-0.4, -0.2) is 17.6 Å². The van der Waals surface area contributed by atoms with E-state index in [2.05, 4.69) is 4.98 Å². The third kappa shape index (κ3) is 1.23. The van der Waals surface area contributed by atoms with Crippen molar-refractivity contribution in [2.24, 2.45) is 0 Å². The van der Waals surface area contributed by atoms with E-state index >= 15 is 0 Å². The minimum Gasteiger partial charge on any atom is -0.461 e. The number of carbonyl (C=O) groups is 1. The molecule has 0 aliphatic carbocycles. The average molecular weight is 192 g/mol. The summed E-state index contributed by atoms with van der Waals surface area (Å²) in [5.74, 6) is 0.123. The first-order chi connectivity index (χ1) is 6.50. The van der Waals surface area contributed by atoms with E-state index in [0.29, 0.717) is 18.0 Å². The molecule has 1 aromatic rings. The highest BCUT2D eigenvalue weighted by Gasteiger charge is 2.34. The first-order valence-corrected chi connectivity index (χ1v) is 4.45. The smallest absolute Gasteiger partial charge is 0.340 e. The van der Waals surface area contributed by atoms with Crippen LogP contribution < -0.4 is 5.73 Å². The number of anilines is 1. The summed E-state index contributed by atoms with van der Waals surface area (Å²) in [7, 11) is 0. The van der Waals surface area contributed by atoms with Gasteiger partial charge in [0.25, 0.3) is 0 Å². The lowest BCUT2D eigenvalue weighted by molar-refractivity contribution is 0.0367. The molecule has 0 atom stereocenters. The Kier molecular flexibility index (Phi) is 1.74. The predicted octanol–water partition coefficient (Wildman–Crippen LogP) is 1.11. The zero-order chi connectivity index (χ0) is 10.3. The molecule has 0 fully saturated rings. The molecule has 0 saturated heterocycles. The fourth-order valence-electron chi connectivity index (χ4n) is 1.55. The van der Waals surface area contributed by atoms with Crippen LogP contribution in [0.5, 0.6) is 0 Å². The van der Waals surface area contributed by atoms with Gasteiger partial charge in [-0.15, -0.1) is 0 Å². The maximum Gasteiger partial charge on any atom is 0.340 e. The van der Waals surface area contributed by atoms with Crippen molar-refractivity contribution in [2.45, 2.75) is 19.3 Å². The molecule has 2 heterocycles. The topological polar surface area (TPSA) is 65.2 Å². The van der Waals surface area contributed by atoms with Gasteiger partial charge in [-0.3, -0.25) is 0 Å². The predicted molar refractivity (Wildman–Crippen MR) is 52.0 cm³/mol. The highest BCUT2D eigenvalue weighted by Crippen LogP contribution is 2.30. The number of hydrogen-bond donors (Lipinski definition) is 1. The van der Waals surface area contributed by atoms with Crippen molar-refractivity contribution in [3.63, 3.8) is 0 Å². The molecule has 4 heteroatoms. The van der Waals surface area contributed by atoms with Crippen molar-refractivity contribution in [2.75, 3.05) is 12.3 Å². The number of fused-ring (bicyclic) bond motifs is 1. The van der Waals surface area contributed by atoms with Gasteiger partial charge in [0, 0.05) is 5.41 Å². The minimum atomic E-state index is -0.313. The van der Waals surface area contributed by atoms with Gasteiger partial charge >= 0.3 is 5.97 Å². The molecule has 1 aromatic heterocycles. The van der Waals surface area contributed by atoms with Crippen molar-refractivity contribution >= 4 is 11.8 Å². The number of aromatic nitrogens is 1. The van der Waals surface area contributed by atoms with Gasteiger partial charge < -0.3 is 10.5 Å². The van der Waals surface area contributed by atoms with Crippen molar-refractivity contribution in [1.29, 1.82) is 0 Å². The van der Waals surface area contributed by atoms with E-state index in [1.165, 1.54) is 0 Å². The number of esters is 1. The van der Waals surface area contributed by atoms with E-state index in [-0.39, 0.29) is 11.4 Å². The Hall–Kier alpha value is -1.58. The quantitative estimate of drug-likeness (QED) is 0.625. The molecular weight excluding hydrogens is 180 g/mol. The number of cyclic esters (lactones) is 1. The van der Waals surface area contributed by atoms with Crippen molar-refractivity contribution < 1.29 is 9.53 Å². The first-order valence-electron chi connectivity index (χ1n) is 4.45. The van der Waals surface area contributed by atoms with E-state index in [9.17, 15) is 4.79 Å². The third-order valence-corrected chi connectivity index (χ3v) is 2.34. The normalized spacial score (nSPS) is 18.6. The van der Waals surface area contributed by atoms with E-state index in [0.717, 1.165) is 5.69 Å². The van der Waals surface area contributed by atoms with E-state index < -0.39 is 0 Å². The molecule has 74 valence electrons. The Morgan fingerprint density at radius 2 is 2.21 bits per heavy atom. The summed E-state index contributed by atoms with van der Waals surface area (Å²) < 4.78 is 5.04. The second-order valence-corrected chi connectivity index (χ2v) is 4.09. The number of pyridine rings is 1. The summed E-state index contributed by atoms with van der Waals surface area (Å²) >= 11 is 0. The van der Waals surface area contributed by atoms with Gasteiger partial charge in [0.05, 0.1) is 11.3 Å². The van der Waals surface area contributed by atoms with Crippen LogP contribution in [-0.2, 0) is 10.2 Å². The molecule has 2 rings (SSSR count). The zero-order valence-corrected chi connectivity index (χ0v) is 8.20. The lowest BCUT2D eigenvalue weighted by atomic mass is 9.85. The maximum atomic E-state index is 11.4. The van der Waals surface area contributed by atoms with E-state index in [1.54, 1.807) is 12.1 Å². The Bertz CT molecular complexity index is 399. The van der Waals surface area contributed by atoms with Crippen LogP contribution in [0, 0.1) is 0 Å².